The van der Waals surface area contributed by atoms with Crippen LogP contribution in [-0.2, 0) is 11.0 Å². The number of carbonyl (C=O) groups excluding carboxylic acids is 1. The van der Waals surface area contributed by atoms with E-state index in [4.69, 9.17) is 11.6 Å². The summed E-state index contributed by atoms with van der Waals surface area (Å²) in [5.74, 6) is -0.468. The van der Waals surface area contributed by atoms with Gasteiger partial charge in [-0.05, 0) is 86.2 Å². The largest absolute Gasteiger partial charge is 0.416 e. The second-order valence-corrected chi connectivity index (χ2v) is 8.68. The van der Waals surface area contributed by atoms with E-state index in [-0.39, 0.29) is 11.8 Å². The van der Waals surface area contributed by atoms with Gasteiger partial charge in [0.25, 0.3) is 0 Å². The fourth-order valence-electron chi connectivity index (χ4n) is 4.15. The third-order valence-corrected chi connectivity index (χ3v) is 6.19. The highest BCUT2D eigenvalue weighted by Crippen LogP contribution is 2.32. The molecule has 1 heterocycles. The lowest BCUT2D eigenvalue weighted by atomic mass is 9.97. The van der Waals surface area contributed by atoms with Gasteiger partial charge in [0.15, 0.2) is 0 Å². The molecule has 0 N–H and O–H groups in total. The van der Waals surface area contributed by atoms with E-state index in [1.807, 2.05) is 25.1 Å². The van der Waals surface area contributed by atoms with Gasteiger partial charge in [-0.15, -0.1) is 0 Å². The van der Waals surface area contributed by atoms with E-state index < -0.39 is 11.7 Å². The molecule has 7 heteroatoms. The van der Waals surface area contributed by atoms with Crippen LogP contribution >= 0.6 is 11.6 Å². The van der Waals surface area contributed by atoms with Gasteiger partial charge in [-0.2, -0.15) is 13.2 Å². The Labute approximate surface area is 198 Å². The van der Waals surface area contributed by atoms with Gasteiger partial charge in [0.1, 0.15) is 0 Å². The van der Waals surface area contributed by atoms with Crippen molar-refractivity contribution < 1.29 is 18.0 Å². The Morgan fingerprint density at radius 1 is 1.21 bits per heavy atom. The van der Waals surface area contributed by atoms with Crippen LogP contribution in [0.4, 0.5) is 18.9 Å². The average molecular weight is 477 g/mol. The monoisotopic (exact) mass is 476 g/mol. The second kappa shape index (κ2) is 10.6. The van der Waals surface area contributed by atoms with Crippen molar-refractivity contribution >= 4 is 34.5 Å². The first-order valence-corrected chi connectivity index (χ1v) is 11.4. The second-order valence-electron chi connectivity index (χ2n) is 8.25. The molecule has 1 saturated heterocycles. The average Bonchev–Trinajstić information content (AvgIpc) is 3.15. The number of carbonyl (C=O) groups is 1. The van der Waals surface area contributed by atoms with Gasteiger partial charge in [0.05, 0.1) is 11.5 Å². The zero-order chi connectivity index (χ0) is 24.2. The summed E-state index contributed by atoms with van der Waals surface area (Å²) in [4.78, 5) is 19.1. The lowest BCUT2D eigenvalue weighted by molar-refractivity contribution is -0.137. The van der Waals surface area contributed by atoms with Crippen LogP contribution in [0.25, 0.3) is 5.57 Å². The van der Waals surface area contributed by atoms with Crippen LogP contribution in [-0.4, -0.2) is 24.7 Å². The Bertz CT molecular complexity index is 1060. The number of nitrogens with zero attached hydrogens (tertiary/aromatic N) is 2. The van der Waals surface area contributed by atoms with Gasteiger partial charge >= 0.3 is 6.18 Å². The Morgan fingerprint density at radius 2 is 1.91 bits per heavy atom. The number of halogens is 4. The van der Waals surface area contributed by atoms with Crippen LogP contribution in [0.3, 0.4) is 0 Å². The molecular weight excluding hydrogens is 449 g/mol. The maximum Gasteiger partial charge on any atom is 0.416 e. The molecule has 1 fully saturated rings. The van der Waals surface area contributed by atoms with Crippen LogP contribution in [0.2, 0.25) is 5.02 Å². The van der Waals surface area contributed by atoms with Crippen molar-refractivity contribution in [2.75, 3.05) is 18.0 Å². The molecule has 1 unspecified atom stereocenters. The highest BCUT2D eigenvalue weighted by Gasteiger charge is 2.35. The minimum Gasteiger partial charge on any atom is -0.312 e. The molecule has 2 aromatic rings. The topological polar surface area (TPSA) is 32.7 Å². The Kier molecular flexibility index (Phi) is 8.01. The number of allylic oxidation sites excluding steroid dienone is 1. The third kappa shape index (κ3) is 6.05. The van der Waals surface area contributed by atoms with Gasteiger partial charge in [-0.25, -0.2) is 0 Å². The normalized spacial score (nSPS) is 17.7. The summed E-state index contributed by atoms with van der Waals surface area (Å²) in [7, 11) is 0. The number of hydrogen-bond donors (Lipinski definition) is 0. The third-order valence-electron chi connectivity index (χ3n) is 5.95. The summed E-state index contributed by atoms with van der Waals surface area (Å²) in [6.45, 7) is 7.00. The summed E-state index contributed by atoms with van der Waals surface area (Å²) in [5.41, 5.74) is 3.96. The van der Waals surface area contributed by atoms with Crippen LogP contribution in [0, 0.1) is 12.8 Å². The molecule has 33 heavy (non-hydrogen) atoms. The Hall–Kier alpha value is -2.60. The predicted molar refractivity (Wildman–Crippen MR) is 129 cm³/mol. The zero-order valence-electron chi connectivity index (χ0n) is 19.0. The van der Waals surface area contributed by atoms with Crippen LogP contribution < -0.4 is 4.90 Å². The first-order chi connectivity index (χ1) is 15.6. The molecule has 1 amide bonds. The molecule has 2 aromatic carbocycles. The summed E-state index contributed by atoms with van der Waals surface area (Å²) in [6.07, 6.45) is 0.00787. The Morgan fingerprint density at radius 3 is 2.55 bits per heavy atom. The summed E-state index contributed by atoms with van der Waals surface area (Å²) >= 11 is 6.19. The first-order valence-electron chi connectivity index (χ1n) is 11.1. The first kappa shape index (κ1) is 25.0. The highest BCUT2D eigenvalue weighted by atomic mass is 35.5. The van der Waals surface area contributed by atoms with E-state index in [9.17, 15) is 18.0 Å². The summed E-state index contributed by atoms with van der Waals surface area (Å²) in [6, 6.07) is 10.6. The molecule has 3 nitrogen and oxygen atoms in total. The molecule has 1 aliphatic heterocycles. The van der Waals surface area contributed by atoms with Gasteiger partial charge < -0.3 is 4.90 Å². The smallest absolute Gasteiger partial charge is 0.312 e. The van der Waals surface area contributed by atoms with Gasteiger partial charge in [-0.1, -0.05) is 30.7 Å². The molecule has 176 valence electrons. The Balaban J connectivity index is 1.66. The zero-order valence-corrected chi connectivity index (χ0v) is 19.8. The van der Waals surface area contributed by atoms with Crippen molar-refractivity contribution in [2.24, 2.45) is 10.9 Å². The SMILES string of the molecule is CCC=C(CCN=C(C)C1CCN(c2ccc(C(F)(F)F)cc2)C1=O)c1cc(Cl)ccc1C. The molecule has 0 spiro atoms. The minimum absolute atomic E-state index is 0.119. The molecule has 0 saturated carbocycles. The maximum absolute atomic E-state index is 12.9. The summed E-state index contributed by atoms with van der Waals surface area (Å²) in [5, 5.41) is 0.692. The molecule has 0 aromatic heterocycles. The lowest BCUT2D eigenvalue weighted by Crippen LogP contribution is -2.29. The van der Waals surface area contributed by atoms with Gasteiger partial charge in [0, 0.05) is 29.5 Å². The number of amides is 1. The number of hydrogen-bond acceptors (Lipinski definition) is 2. The fourth-order valence-corrected chi connectivity index (χ4v) is 4.32. The van der Waals surface area contributed by atoms with Crippen molar-refractivity contribution in [1.29, 1.82) is 0 Å². The molecule has 1 aliphatic rings. The number of benzene rings is 2. The van der Waals surface area contributed by atoms with E-state index in [0.717, 1.165) is 41.8 Å². The van der Waals surface area contributed by atoms with Crippen molar-refractivity contribution in [1.82, 2.24) is 0 Å². The van der Waals surface area contributed by atoms with E-state index >= 15 is 0 Å². The molecule has 0 bridgehead atoms. The summed E-state index contributed by atoms with van der Waals surface area (Å²) < 4.78 is 38.4. The number of aryl methyl sites for hydroxylation is 1. The van der Waals surface area contributed by atoms with Gasteiger partial charge in [0.2, 0.25) is 5.91 Å². The fraction of sp³-hybridized carbons (Fsp3) is 0.385. The highest BCUT2D eigenvalue weighted by molar-refractivity contribution is 6.30. The standard InChI is InChI=1S/C26H28ClF3N2O/c1-4-5-19(24-16-21(27)9-6-17(24)2)12-14-31-18(3)23-13-15-32(25(23)33)22-10-7-20(8-11-22)26(28,29)30/h5-11,16,23H,4,12-15H2,1-3H3. The van der Waals surface area contributed by atoms with E-state index in [1.165, 1.54) is 17.7 Å². The maximum atomic E-state index is 12.9. The molecule has 0 radical (unpaired) electrons. The number of aliphatic imine (C=N–C) groups is 1. The molecular formula is C26H28ClF3N2O. The predicted octanol–water partition coefficient (Wildman–Crippen LogP) is 7.36. The lowest BCUT2D eigenvalue weighted by Gasteiger charge is -2.18. The van der Waals surface area contributed by atoms with Crippen LogP contribution in [0.15, 0.2) is 53.5 Å². The number of anilines is 1. The number of rotatable bonds is 7. The van der Waals surface area contributed by atoms with E-state index in [2.05, 4.69) is 24.9 Å². The molecule has 1 atom stereocenters. The molecule has 3 rings (SSSR count). The quantitative estimate of drug-likeness (QED) is 0.384. The van der Waals surface area contributed by atoms with Crippen LogP contribution in [0.5, 0.6) is 0 Å². The van der Waals surface area contributed by atoms with Gasteiger partial charge in [-0.3, -0.25) is 9.79 Å². The van der Waals surface area contributed by atoms with Crippen LogP contribution in [0.1, 0.15) is 49.8 Å². The van der Waals surface area contributed by atoms with E-state index in [1.54, 1.807) is 4.90 Å². The molecule has 0 aliphatic carbocycles. The minimum atomic E-state index is -4.39. The van der Waals surface area contributed by atoms with Crippen molar-refractivity contribution in [3.05, 3.63) is 70.3 Å². The van der Waals surface area contributed by atoms with Crippen molar-refractivity contribution in [3.8, 4) is 0 Å². The van der Waals surface area contributed by atoms with E-state index in [0.29, 0.717) is 30.2 Å². The van der Waals surface area contributed by atoms with Crippen molar-refractivity contribution in [3.63, 3.8) is 0 Å². The number of alkyl halides is 3. The van der Waals surface area contributed by atoms with Crippen molar-refractivity contribution in [2.45, 2.75) is 46.2 Å².